The quantitative estimate of drug-likeness (QED) is 0.766. The maximum Gasteiger partial charge on any atom is 0.137 e. The second kappa shape index (κ2) is 5.66. The molecular weight excluding hydrogens is 220 g/mol. The summed E-state index contributed by atoms with van der Waals surface area (Å²) in [4.78, 5) is 13.0. The minimum Gasteiger partial charge on any atom is -0.472 e. The van der Waals surface area contributed by atoms with Gasteiger partial charge >= 0.3 is 0 Å². The van der Waals surface area contributed by atoms with Crippen molar-refractivity contribution in [1.29, 1.82) is 0 Å². The summed E-state index contributed by atoms with van der Waals surface area (Å²) in [5, 5.41) is 2.07. The van der Waals surface area contributed by atoms with Crippen molar-refractivity contribution in [3.8, 4) is 0 Å². The molecule has 3 heteroatoms. The van der Waals surface area contributed by atoms with Crippen LogP contribution in [0.15, 0.2) is 40.5 Å². The van der Waals surface area contributed by atoms with Gasteiger partial charge in [0.2, 0.25) is 0 Å². The van der Waals surface area contributed by atoms with Gasteiger partial charge in [-0.1, -0.05) is 6.07 Å². The van der Waals surface area contributed by atoms with E-state index >= 15 is 0 Å². The fourth-order valence-electron chi connectivity index (χ4n) is 1.62. The molecule has 0 aliphatic carbocycles. The maximum atomic E-state index is 11.6. The van der Waals surface area contributed by atoms with Gasteiger partial charge in [-0.05, 0) is 35.9 Å². The van der Waals surface area contributed by atoms with E-state index in [9.17, 15) is 4.79 Å². The number of furan rings is 1. The number of hydrogen-bond acceptors (Lipinski definition) is 3. The zero-order valence-electron chi connectivity index (χ0n) is 9.02. The van der Waals surface area contributed by atoms with Crippen molar-refractivity contribution in [2.24, 2.45) is 0 Å². The average molecular weight is 234 g/mol. The van der Waals surface area contributed by atoms with E-state index in [1.165, 1.54) is 4.88 Å². The Morgan fingerprint density at radius 3 is 3.00 bits per heavy atom. The fourth-order valence-corrected chi connectivity index (χ4v) is 2.38. The number of aryl methyl sites for hydroxylation is 1. The largest absolute Gasteiger partial charge is 0.472 e. The van der Waals surface area contributed by atoms with Gasteiger partial charge in [0.05, 0.1) is 12.5 Å². The Balaban J connectivity index is 1.68. The van der Waals surface area contributed by atoms with Crippen LogP contribution >= 0.6 is 11.3 Å². The first-order valence-corrected chi connectivity index (χ1v) is 6.28. The lowest BCUT2D eigenvalue weighted by atomic mass is 10.1. The summed E-state index contributed by atoms with van der Waals surface area (Å²) in [5.74, 6) is 0.290. The topological polar surface area (TPSA) is 30.2 Å². The third-order valence-electron chi connectivity index (χ3n) is 2.44. The standard InChI is InChI=1S/C13H14O2S/c14-12(9-11-6-7-15-10-11)3-1-4-13-5-2-8-16-13/h2,5-8,10H,1,3-4,9H2. The molecule has 0 unspecified atom stereocenters. The zero-order valence-corrected chi connectivity index (χ0v) is 9.83. The Kier molecular flexibility index (Phi) is 3.94. The Labute approximate surface area is 98.9 Å². The van der Waals surface area contributed by atoms with Crippen molar-refractivity contribution in [1.82, 2.24) is 0 Å². The molecule has 0 saturated heterocycles. The smallest absolute Gasteiger partial charge is 0.137 e. The van der Waals surface area contributed by atoms with Gasteiger partial charge in [-0.15, -0.1) is 11.3 Å². The van der Waals surface area contributed by atoms with Crippen molar-refractivity contribution in [2.75, 3.05) is 0 Å². The third kappa shape index (κ3) is 3.35. The van der Waals surface area contributed by atoms with Crippen molar-refractivity contribution < 1.29 is 9.21 Å². The molecule has 0 radical (unpaired) electrons. The second-order valence-corrected chi connectivity index (χ2v) is 4.81. The lowest BCUT2D eigenvalue weighted by molar-refractivity contribution is -0.118. The molecule has 16 heavy (non-hydrogen) atoms. The van der Waals surface area contributed by atoms with Crippen LogP contribution in [0.25, 0.3) is 0 Å². The Bertz CT molecular complexity index is 415. The summed E-state index contributed by atoms with van der Waals surface area (Å²) in [6.45, 7) is 0. The molecule has 2 nitrogen and oxygen atoms in total. The maximum absolute atomic E-state index is 11.6. The van der Waals surface area contributed by atoms with Crippen LogP contribution in [0.4, 0.5) is 0 Å². The van der Waals surface area contributed by atoms with Crippen LogP contribution in [-0.4, -0.2) is 5.78 Å². The van der Waals surface area contributed by atoms with Gasteiger partial charge in [-0.25, -0.2) is 0 Å². The van der Waals surface area contributed by atoms with E-state index in [1.807, 2.05) is 12.1 Å². The highest BCUT2D eigenvalue weighted by atomic mass is 32.1. The summed E-state index contributed by atoms with van der Waals surface area (Å²) in [7, 11) is 0. The van der Waals surface area contributed by atoms with E-state index in [0.717, 1.165) is 18.4 Å². The summed E-state index contributed by atoms with van der Waals surface area (Å²) in [6, 6.07) is 6.01. The van der Waals surface area contributed by atoms with Gasteiger partial charge in [0.15, 0.2) is 0 Å². The van der Waals surface area contributed by atoms with E-state index in [1.54, 1.807) is 23.9 Å². The summed E-state index contributed by atoms with van der Waals surface area (Å²) in [5.41, 5.74) is 0.973. The number of Topliss-reactive ketones (excluding diaryl/α,β-unsaturated/α-hetero) is 1. The molecule has 0 aliphatic heterocycles. The van der Waals surface area contributed by atoms with E-state index < -0.39 is 0 Å². The lowest BCUT2D eigenvalue weighted by Gasteiger charge is -1.98. The van der Waals surface area contributed by atoms with Gasteiger partial charge in [0.1, 0.15) is 5.78 Å². The Morgan fingerprint density at radius 2 is 2.31 bits per heavy atom. The molecule has 0 bridgehead atoms. The molecule has 84 valence electrons. The second-order valence-electron chi connectivity index (χ2n) is 3.78. The van der Waals surface area contributed by atoms with Crippen LogP contribution in [0, 0.1) is 0 Å². The average Bonchev–Trinajstić information content (AvgIpc) is 2.90. The monoisotopic (exact) mass is 234 g/mol. The SMILES string of the molecule is O=C(CCCc1cccs1)Cc1ccoc1. The number of hydrogen-bond donors (Lipinski definition) is 0. The van der Waals surface area contributed by atoms with Gasteiger partial charge in [-0.3, -0.25) is 4.79 Å². The molecule has 0 amide bonds. The van der Waals surface area contributed by atoms with Gasteiger partial charge < -0.3 is 4.42 Å². The van der Waals surface area contributed by atoms with Crippen molar-refractivity contribution in [2.45, 2.75) is 25.7 Å². The molecule has 0 aromatic carbocycles. The van der Waals surface area contributed by atoms with Crippen LogP contribution < -0.4 is 0 Å². The highest BCUT2D eigenvalue weighted by Crippen LogP contribution is 2.12. The first-order valence-electron chi connectivity index (χ1n) is 5.40. The number of ketones is 1. The summed E-state index contributed by atoms with van der Waals surface area (Å²) < 4.78 is 4.93. The zero-order chi connectivity index (χ0) is 11.2. The molecule has 2 rings (SSSR count). The van der Waals surface area contributed by atoms with Gasteiger partial charge in [-0.2, -0.15) is 0 Å². The number of carbonyl (C=O) groups is 1. The first kappa shape index (κ1) is 11.1. The normalized spacial score (nSPS) is 10.5. The molecule has 0 spiro atoms. The highest BCUT2D eigenvalue weighted by Gasteiger charge is 2.05. The molecule has 2 aromatic heterocycles. The number of carbonyl (C=O) groups excluding carboxylic acids is 1. The minimum atomic E-state index is 0.290. The summed E-state index contributed by atoms with van der Waals surface area (Å²) in [6.07, 6.45) is 6.35. The molecule has 0 saturated carbocycles. The molecule has 0 fully saturated rings. The van der Waals surface area contributed by atoms with Crippen LogP contribution in [0.2, 0.25) is 0 Å². The van der Waals surface area contributed by atoms with Crippen molar-refractivity contribution in [3.63, 3.8) is 0 Å². The highest BCUT2D eigenvalue weighted by molar-refractivity contribution is 7.09. The van der Waals surface area contributed by atoms with Crippen LogP contribution in [0.5, 0.6) is 0 Å². The molecule has 2 heterocycles. The Morgan fingerprint density at radius 1 is 1.38 bits per heavy atom. The van der Waals surface area contributed by atoms with Gasteiger partial charge in [0.25, 0.3) is 0 Å². The van der Waals surface area contributed by atoms with Crippen LogP contribution in [0.3, 0.4) is 0 Å². The van der Waals surface area contributed by atoms with Crippen LogP contribution in [-0.2, 0) is 17.6 Å². The lowest BCUT2D eigenvalue weighted by Crippen LogP contribution is -2.02. The molecule has 0 aliphatic rings. The molecule has 0 N–H and O–H groups in total. The van der Waals surface area contributed by atoms with E-state index in [2.05, 4.69) is 11.4 Å². The fraction of sp³-hybridized carbons (Fsp3) is 0.308. The predicted octanol–water partition coefficient (Wildman–Crippen LogP) is 3.48. The van der Waals surface area contributed by atoms with E-state index in [-0.39, 0.29) is 5.78 Å². The predicted molar refractivity (Wildman–Crippen MR) is 64.7 cm³/mol. The van der Waals surface area contributed by atoms with Crippen molar-refractivity contribution >= 4 is 17.1 Å². The first-order chi connectivity index (χ1) is 7.84. The minimum absolute atomic E-state index is 0.290. The van der Waals surface area contributed by atoms with Crippen LogP contribution in [0.1, 0.15) is 23.3 Å². The number of rotatable bonds is 6. The summed E-state index contributed by atoms with van der Waals surface area (Å²) >= 11 is 1.75. The molecule has 2 aromatic rings. The molecule has 0 atom stereocenters. The number of thiophene rings is 1. The third-order valence-corrected chi connectivity index (χ3v) is 3.38. The van der Waals surface area contributed by atoms with E-state index in [4.69, 9.17) is 4.42 Å². The molecular formula is C13H14O2S. The Hall–Kier alpha value is -1.35. The van der Waals surface area contributed by atoms with Crippen molar-refractivity contribution in [3.05, 3.63) is 46.5 Å². The van der Waals surface area contributed by atoms with Gasteiger partial charge in [0, 0.05) is 17.7 Å². The van der Waals surface area contributed by atoms with E-state index in [0.29, 0.717) is 12.8 Å².